The third kappa shape index (κ3) is 5.69. The molecule has 0 spiro atoms. The number of rotatable bonds is 7. The first kappa shape index (κ1) is 31.5. The second kappa shape index (κ2) is 13.4. The minimum absolute atomic E-state index is 0.341. The molecule has 0 fully saturated rings. The fourth-order valence-electron chi connectivity index (χ4n) is 7.53. The van der Waals surface area contributed by atoms with Crippen LogP contribution in [-0.2, 0) is 0 Å². The van der Waals surface area contributed by atoms with Crippen LogP contribution < -0.4 is 10.2 Å². The molecule has 10 rings (SSSR count). The highest BCUT2D eigenvalue weighted by molar-refractivity contribution is 6.24. The summed E-state index contributed by atoms with van der Waals surface area (Å²) in [6.07, 6.45) is -0.341. The predicted molar refractivity (Wildman–Crippen MR) is 223 cm³/mol. The molecule has 8 aromatic carbocycles. The highest BCUT2D eigenvalue weighted by Crippen LogP contribution is 2.41. The van der Waals surface area contributed by atoms with Gasteiger partial charge in [-0.15, -0.1) is 0 Å². The van der Waals surface area contributed by atoms with Gasteiger partial charge in [-0.05, 0) is 82.1 Å². The van der Waals surface area contributed by atoms with E-state index in [0.717, 1.165) is 72.2 Å². The molecule has 1 N–H and O–H groups in total. The molecule has 0 radical (unpaired) electrons. The van der Waals surface area contributed by atoms with E-state index in [1.54, 1.807) is 0 Å². The average Bonchev–Trinajstić information content (AvgIpc) is 3.64. The number of amidine groups is 2. The van der Waals surface area contributed by atoms with E-state index in [2.05, 4.69) is 168 Å². The van der Waals surface area contributed by atoms with Crippen molar-refractivity contribution in [3.8, 4) is 11.1 Å². The van der Waals surface area contributed by atoms with Crippen molar-refractivity contribution >= 4 is 61.4 Å². The van der Waals surface area contributed by atoms with Gasteiger partial charge in [0.25, 0.3) is 0 Å². The van der Waals surface area contributed by atoms with Crippen molar-refractivity contribution in [2.75, 3.05) is 4.90 Å². The summed E-state index contributed by atoms with van der Waals surface area (Å²) >= 11 is 0. The van der Waals surface area contributed by atoms with Gasteiger partial charge in [0.15, 0.2) is 5.84 Å². The molecule has 0 amide bonds. The number of fused-ring (bicyclic) bond motifs is 5. The lowest BCUT2D eigenvalue weighted by molar-refractivity contribution is 0.660. The van der Waals surface area contributed by atoms with E-state index < -0.39 is 0 Å². The van der Waals surface area contributed by atoms with Crippen molar-refractivity contribution in [2.24, 2.45) is 9.98 Å². The minimum atomic E-state index is -0.341. The summed E-state index contributed by atoms with van der Waals surface area (Å²) in [6.45, 7) is 0. The van der Waals surface area contributed by atoms with Gasteiger partial charge in [-0.1, -0.05) is 140 Å². The van der Waals surface area contributed by atoms with Crippen LogP contribution in [0.15, 0.2) is 209 Å². The zero-order valence-corrected chi connectivity index (χ0v) is 29.3. The Balaban J connectivity index is 1.21. The summed E-state index contributed by atoms with van der Waals surface area (Å²) in [7, 11) is 0. The van der Waals surface area contributed by atoms with E-state index in [4.69, 9.17) is 14.4 Å². The fourth-order valence-corrected chi connectivity index (χ4v) is 7.53. The third-order valence-corrected chi connectivity index (χ3v) is 10.1. The SMILES string of the molecule is c1ccc(C2=NC(c3ccccc3)NC(c3cc(-c4cccc(N(c5ccccc5)c5ccccc5)c4)cc4c3oc3ccc5ccccc5c34)=N2)cc1. The maximum Gasteiger partial charge on any atom is 0.159 e. The maximum atomic E-state index is 6.83. The van der Waals surface area contributed by atoms with E-state index in [1.807, 2.05) is 36.4 Å². The highest BCUT2D eigenvalue weighted by Gasteiger charge is 2.25. The zero-order chi connectivity index (χ0) is 35.8. The molecule has 0 saturated carbocycles. The first-order valence-corrected chi connectivity index (χ1v) is 18.2. The number of para-hydroxylation sites is 2. The van der Waals surface area contributed by atoms with Gasteiger partial charge in [0.2, 0.25) is 0 Å². The molecule has 9 aromatic rings. The van der Waals surface area contributed by atoms with Crippen LogP contribution in [0.25, 0.3) is 43.8 Å². The second-order valence-corrected chi connectivity index (χ2v) is 13.5. The number of nitrogens with zero attached hydrogens (tertiary/aromatic N) is 3. The summed E-state index contributed by atoms with van der Waals surface area (Å²) < 4.78 is 6.83. The van der Waals surface area contributed by atoms with Gasteiger partial charge in [-0.25, -0.2) is 9.98 Å². The van der Waals surface area contributed by atoms with Gasteiger partial charge in [0.05, 0.1) is 5.56 Å². The predicted octanol–water partition coefficient (Wildman–Crippen LogP) is 12.4. The molecule has 1 unspecified atom stereocenters. The van der Waals surface area contributed by atoms with Crippen LogP contribution in [0.3, 0.4) is 0 Å². The molecule has 5 heteroatoms. The van der Waals surface area contributed by atoms with Crippen molar-refractivity contribution in [3.05, 3.63) is 211 Å². The molecular formula is C49H34N4O. The van der Waals surface area contributed by atoms with Crippen molar-refractivity contribution in [3.63, 3.8) is 0 Å². The molecule has 0 aliphatic carbocycles. The van der Waals surface area contributed by atoms with Crippen LogP contribution in [0.5, 0.6) is 0 Å². The smallest absolute Gasteiger partial charge is 0.159 e. The summed E-state index contributed by atoms with van der Waals surface area (Å²) in [6, 6.07) is 67.5. The van der Waals surface area contributed by atoms with Gasteiger partial charge in [0, 0.05) is 33.4 Å². The minimum Gasteiger partial charge on any atom is -0.455 e. The van der Waals surface area contributed by atoms with Crippen molar-refractivity contribution < 1.29 is 4.42 Å². The first-order valence-electron chi connectivity index (χ1n) is 18.2. The van der Waals surface area contributed by atoms with Gasteiger partial charge in [-0.3, -0.25) is 0 Å². The monoisotopic (exact) mass is 694 g/mol. The fraction of sp³-hybridized carbons (Fsp3) is 0.0204. The van der Waals surface area contributed by atoms with Crippen LogP contribution in [0, 0.1) is 0 Å². The van der Waals surface area contributed by atoms with Crippen molar-refractivity contribution in [1.82, 2.24) is 5.32 Å². The number of aliphatic imine (C=N–C) groups is 2. The molecule has 1 atom stereocenters. The average molecular weight is 695 g/mol. The van der Waals surface area contributed by atoms with Crippen LogP contribution >= 0.6 is 0 Å². The third-order valence-electron chi connectivity index (χ3n) is 10.1. The summed E-state index contributed by atoms with van der Waals surface area (Å²) in [5, 5.41) is 8.14. The second-order valence-electron chi connectivity index (χ2n) is 13.5. The molecule has 54 heavy (non-hydrogen) atoms. The Kier molecular flexibility index (Phi) is 7.81. The zero-order valence-electron chi connectivity index (χ0n) is 29.3. The molecular weight excluding hydrogens is 661 g/mol. The van der Waals surface area contributed by atoms with Crippen molar-refractivity contribution in [2.45, 2.75) is 6.17 Å². The first-order chi connectivity index (χ1) is 26.8. The van der Waals surface area contributed by atoms with E-state index in [1.165, 1.54) is 5.39 Å². The lowest BCUT2D eigenvalue weighted by atomic mass is 9.96. The van der Waals surface area contributed by atoms with Crippen LogP contribution in [-0.4, -0.2) is 11.7 Å². The molecule has 0 bridgehead atoms. The summed E-state index contributed by atoms with van der Waals surface area (Å²) in [5.41, 5.74) is 9.87. The summed E-state index contributed by atoms with van der Waals surface area (Å²) in [4.78, 5) is 12.6. The Morgan fingerprint density at radius 3 is 1.87 bits per heavy atom. The number of hydrogen-bond donors (Lipinski definition) is 1. The Hall–Kier alpha value is -7.24. The number of benzene rings is 8. The molecule has 2 heterocycles. The Morgan fingerprint density at radius 2 is 1.13 bits per heavy atom. The summed E-state index contributed by atoms with van der Waals surface area (Å²) in [5.74, 6) is 1.38. The van der Waals surface area contributed by atoms with Crippen molar-refractivity contribution in [1.29, 1.82) is 0 Å². The lowest BCUT2D eigenvalue weighted by Crippen LogP contribution is -2.33. The number of furan rings is 1. The van der Waals surface area contributed by atoms with Crippen LogP contribution in [0.4, 0.5) is 17.1 Å². The van der Waals surface area contributed by atoms with Gasteiger partial charge in [0.1, 0.15) is 23.2 Å². The maximum absolute atomic E-state index is 6.83. The number of anilines is 3. The lowest BCUT2D eigenvalue weighted by Gasteiger charge is -2.26. The van der Waals surface area contributed by atoms with Crippen LogP contribution in [0.1, 0.15) is 22.9 Å². The largest absolute Gasteiger partial charge is 0.455 e. The Morgan fingerprint density at radius 1 is 0.500 bits per heavy atom. The molecule has 1 aliphatic rings. The van der Waals surface area contributed by atoms with E-state index in [0.29, 0.717) is 11.7 Å². The molecule has 5 nitrogen and oxygen atoms in total. The van der Waals surface area contributed by atoms with Gasteiger partial charge >= 0.3 is 0 Å². The number of hydrogen-bond acceptors (Lipinski definition) is 5. The Bertz CT molecular complexity index is 2810. The highest BCUT2D eigenvalue weighted by atomic mass is 16.3. The molecule has 1 aromatic heterocycles. The van der Waals surface area contributed by atoms with Gasteiger partial charge < -0.3 is 14.6 Å². The molecule has 0 saturated heterocycles. The Labute approximate surface area is 313 Å². The normalized spacial score (nSPS) is 14.1. The van der Waals surface area contributed by atoms with Gasteiger partial charge in [-0.2, -0.15) is 0 Å². The van der Waals surface area contributed by atoms with E-state index in [-0.39, 0.29) is 6.17 Å². The molecule has 256 valence electrons. The standard InChI is InChI=1S/C49H34N4O/c1-5-17-34(18-6-1)47-50-48(35-19-7-2-8-20-35)52-49(51-47)43-32-37(31-42-45-41-27-14-13-16-33(41)28-29-44(45)54-46(42)43)36-21-15-26-40(30-36)53(38-22-9-3-10-23-38)39-24-11-4-12-25-39/h1-32,47H,(H,50,51,52). The van der Waals surface area contributed by atoms with E-state index >= 15 is 0 Å². The topological polar surface area (TPSA) is 53.1 Å². The van der Waals surface area contributed by atoms with E-state index in [9.17, 15) is 0 Å². The van der Waals surface area contributed by atoms with Crippen LogP contribution in [0.2, 0.25) is 0 Å². The quantitative estimate of drug-likeness (QED) is 0.181. The molecule has 1 aliphatic heterocycles. The number of nitrogens with one attached hydrogen (secondary N) is 1.